The van der Waals surface area contributed by atoms with Crippen molar-refractivity contribution >= 4 is 27.3 Å². The summed E-state index contributed by atoms with van der Waals surface area (Å²) in [7, 11) is 0. The van der Waals surface area contributed by atoms with Crippen molar-refractivity contribution in [3.05, 3.63) is 89.4 Å². The monoisotopic (exact) mass is 427 g/mol. The first-order valence-corrected chi connectivity index (χ1v) is 11.6. The third-order valence-electron chi connectivity index (χ3n) is 5.95. The Hall–Kier alpha value is -3.02. The van der Waals surface area contributed by atoms with Gasteiger partial charge in [0.15, 0.2) is 0 Å². The number of rotatable bonds is 5. The number of fused-ring (bicyclic) bond motifs is 1. The molecule has 2 aromatic heterocycles. The smallest absolute Gasteiger partial charge is 0.251 e. The molecule has 0 saturated carbocycles. The van der Waals surface area contributed by atoms with E-state index in [1.165, 1.54) is 15.6 Å². The summed E-state index contributed by atoms with van der Waals surface area (Å²) in [4.78, 5) is 19.9. The summed E-state index contributed by atoms with van der Waals surface area (Å²) >= 11 is 1.71. The van der Waals surface area contributed by atoms with Gasteiger partial charge in [0.1, 0.15) is 0 Å². The Labute approximate surface area is 186 Å². The van der Waals surface area contributed by atoms with E-state index >= 15 is 0 Å². The van der Waals surface area contributed by atoms with Crippen LogP contribution in [0.3, 0.4) is 0 Å². The average molecular weight is 428 g/mol. The minimum atomic E-state index is -0.00954. The van der Waals surface area contributed by atoms with Crippen molar-refractivity contribution in [2.75, 3.05) is 13.1 Å². The highest BCUT2D eigenvalue weighted by molar-refractivity contribution is 7.17. The fourth-order valence-electron chi connectivity index (χ4n) is 4.24. The third kappa shape index (κ3) is 4.53. The molecule has 5 heteroatoms. The number of nitrogens with one attached hydrogen (secondary N) is 1. The van der Waals surface area contributed by atoms with Crippen molar-refractivity contribution in [1.29, 1.82) is 0 Å². The van der Waals surface area contributed by atoms with Crippen molar-refractivity contribution in [3.63, 3.8) is 0 Å². The van der Waals surface area contributed by atoms with E-state index in [0.717, 1.165) is 43.7 Å². The van der Waals surface area contributed by atoms with E-state index < -0.39 is 0 Å². The maximum absolute atomic E-state index is 12.9. The number of pyridine rings is 1. The number of likely N-dealkylation sites (tertiary alicyclic amines) is 1. The number of hydrogen-bond donors (Lipinski definition) is 1. The summed E-state index contributed by atoms with van der Waals surface area (Å²) in [5, 5.41) is 6.54. The van der Waals surface area contributed by atoms with Crippen LogP contribution in [0.5, 0.6) is 0 Å². The first-order valence-electron chi connectivity index (χ1n) is 10.8. The Bertz CT molecular complexity index is 1180. The number of carbonyl (C=O) groups excluding carboxylic acids is 1. The van der Waals surface area contributed by atoms with Crippen LogP contribution in [0.25, 0.3) is 21.3 Å². The minimum Gasteiger partial charge on any atom is -0.349 e. The van der Waals surface area contributed by atoms with E-state index in [1.807, 2.05) is 18.2 Å². The number of thiophene rings is 1. The van der Waals surface area contributed by atoms with Crippen LogP contribution in [0.1, 0.15) is 28.8 Å². The Kier molecular flexibility index (Phi) is 5.78. The van der Waals surface area contributed by atoms with Gasteiger partial charge in [-0.15, -0.1) is 11.3 Å². The van der Waals surface area contributed by atoms with Crippen LogP contribution in [0.2, 0.25) is 0 Å². The van der Waals surface area contributed by atoms with Crippen LogP contribution in [0.15, 0.2) is 78.3 Å². The summed E-state index contributed by atoms with van der Waals surface area (Å²) < 4.78 is 1.23. The van der Waals surface area contributed by atoms with Gasteiger partial charge >= 0.3 is 0 Å². The lowest BCUT2D eigenvalue weighted by Gasteiger charge is -2.32. The second kappa shape index (κ2) is 9.00. The lowest BCUT2D eigenvalue weighted by molar-refractivity contribution is 0.0909. The molecule has 5 rings (SSSR count). The van der Waals surface area contributed by atoms with Crippen LogP contribution >= 0.6 is 11.3 Å². The number of nitrogens with zero attached hydrogens (tertiary/aromatic N) is 2. The molecular formula is C26H25N3OS. The molecule has 1 amide bonds. The zero-order chi connectivity index (χ0) is 21.0. The molecular weight excluding hydrogens is 402 g/mol. The summed E-state index contributed by atoms with van der Waals surface area (Å²) in [5.74, 6) is -0.00954. The molecule has 1 aliphatic heterocycles. The number of aromatic nitrogens is 1. The molecule has 0 atom stereocenters. The number of amides is 1. The summed E-state index contributed by atoms with van der Waals surface area (Å²) in [5.41, 5.74) is 3.95. The Morgan fingerprint density at radius 3 is 2.65 bits per heavy atom. The molecule has 1 aliphatic rings. The van der Waals surface area contributed by atoms with Crippen LogP contribution in [0, 0.1) is 0 Å². The molecule has 1 N–H and O–H groups in total. The van der Waals surface area contributed by atoms with E-state index in [9.17, 15) is 4.79 Å². The third-order valence-corrected chi connectivity index (χ3v) is 6.91. The van der Waals surface area contributed by atoms with Gasteiger partial charge in [0.25, 0.3) is 5.91 Å². The lowest BCUT2D eigenvalue weighted by atomic mass is 10.0. The van der Waals surface area contributed by atoms with E-state index in [1.54, 1.807) is 23.6 Å². The zero-order valence-corrected chi connectivity index (χ0v) is 18.1. The molecule has 4 aromatic rings. The molecule has 1 saturated heterocycles. The van der Waals surface area contributed by atoms with Gasteiger partial charge in [0.05, 0.1) is 5.69 Å². The van der Waals surface area contributed by atoms with E-state index in [2.05, 4.69) is 63.0 Å². The molecule has 4 nitrogen and oxygen atoms in total. The summed E-state index contributed by atoms with van der Waals surface area (Å²) in [6.45, 7) is 2.98. The average Bonchev–Trinajstić information content (AvgIpc) is 3.25. The normalized spacial score (nSPS) is 15.2. The van der Waals surface area contributed by atoms with Gasteiger partial charge < -0.3 is 5.32 Å². The fraction of sp³-hybridized carbons (Fsp3) is 0.231. The largest absolute Gasteiger partial charge is 0.349 e. The van der Waals surface area contributed by atoms with Gasteiger partial charge in [-0.3, -0.25) is 14.7 Å². The summed E-state index contributed by atoms with van der Waals surface area (Å²) in [6.07, 6.45) is 3.69. The Morgan fingerprint density at radius 1 is 1.03 bits per heavy atom. The SMILES string of the molecule is O=C(NC1CCN(Cc2ccccc2)CC1)c1ccnc(-c2csc3ccccc23)c1. The molecule has 156 valence electrons. The highest BCUT2D eigenvalue weighted by Gasteiger charge is 2.21. The van der Waals surface area contributed by atoms with Crippen LogP contribution in [-0.4, -0.2) is 34.9 Å². The molecule has 0 aliphatic carbocycles. The van der Waals surface area contributed by atoms with Crippen molar-refractivity contribution < 1.29 is 4.79 Å². The Balaban J connectivity index is 1.22. The maximum Gasteiger partial charge on any atom is 0.251 e. The molecule has 0 spiro atoms. The van der Waals surface area contributed by atoms with Gasteiger partial charge in [-0.25, -0.2) is 0 Å². The van der Waals surface area contributed by atoms with Crippen LogP contribution in [0.4, 0.5) is 0 Å². The topological polar surface area (TPSA) is 45.2 Å². The number of piperidine rings is 1. The quantitative estimate of drug-likeness (QED) is 0.466. The van der Waals surface area contributed by atoms with Gasteiger partial charge in [0, 0.05) is 58.5 Å². The van der Waals surface area contributed by atoms with E-state index in [0.29, 0.717) is 5.56 Å². The number of hydrogen-bond acceptors (Lipinski definition) is 4. The zero-order valence-electron chi connectivity index (χ0n) is 17.3. The van der Waals surface area contributed by atoms with E-state index in [4.69, 9.17) is 0 Å². The minimum absolute atomic E-state index is 0.00954. The molecule has 0 unspecified atom stereocenters. The highest BCUT2D eigenvalue weighted by Crippen LogP contribution is 2.33. The van der Waals surface area contributed by atoms with Crippen molar-refractivity contribution in [2.45, 2.75) is 25.4 Å². The lowest BCUT2D eigenvalue weighted by Crippen LogP contribution is -2.44. The predicted molar refractivity (Wildman–Crippen MR) is 127 cm³/mol. The first kappa shape index (κ1) is 19.9. The molecule has 0 bridgehead atoms. The number of benzene rings is 2. The second-order valence-electron chi connectivity index (χ2n) is 8.08. The van der Waals surface area contributed by atoms with Gasteiger partial charge in [0.2, 0.25) is 0 Å². The maximum atomic E-state index is 12.9. The van der Waals surface area contributed by atoms with Gasteiger partial charge in [-0.2, -0.15) is 0 Å². The van der Waals surface area contributed by atoms with Crippen LogP contribution in [-0.2, 0) is 6.54 Å². The number of carbonyl (C=O) groups is 1. The molecule has 1 fully saturated rings. The molecule has 0 radical (unpaired) electrons. The second-order valence-corrected chi connectivity index (χ2v) is 9.00. The van der Waals surface area contributed by atoms with Crippen molar-refractivity contribution in [1.82, 2.24) is 15.2 Å². The standard InChI is InChI=1S/C26H25N3OS/c30-26(28-21-11-14-29(15-12-21)17-19-6-2-1-3-7-19)20-10-13-27-24(16-20)23-18-31-25-9-5-4-8-22(23)25/h1-10,13,16,18,21H,11-12,14-15,17H2,(H,28,30). The highest BCUT2D eigenvalue weighted by atomic mass is 32.1. The van der Waals surface area contributed by atoms with Crippen LogP contribution < -0.4 is 5.32 Å². The van der Waals surface area contributed by atoms with Crippen molar-refractivity contribution in [3.8, 4) is 11.3 Å². The summed E-state index contributed by atoms with van der Waals surface area (Å²) in [6, 6.07) is 22.8. The van der Waals surface area contributed by atoms with E-state index in [-0.39, 0.29) is 11.9 Å². The van der Waals surface area contributed by atoms with Crippen molar-refractivity contribution in [2.24, 2.45) is 0 Å². The molecule has 3 heterocycles. The fourth-order valence-corrected chi connectivity index (χ4v) is 5.20. The molecule has 31 heavy (non-hydrogen) atoms. The van der Waals surface area contributed by atoms with Gasteiger partial charge in [-0.05, 0) is 36.6 Å². The van der Waals surface area contributed by atoms with Gasteiger partial charge in [-0.1, -0.05) is 48.5 Å². The predicted octanol–water partition coefficient (Wildman–Crippen LogP) is 5.36. The first-order chi connectivity index (χ1) is 15.3. The molecule has 2 aromatic carbocycles. The Morgan fingerprint density at radius 2 is 1.81 bits per heavy atom.